The molecule has 0 amide bonds. The van der Waals surface area contributed by atoms with E-state index in [9.17, 15) is 14.4 Å². The number of carbonyl (C=O) groups is 3. The van der Waals surface area contributed by atoms with E-state index in [-0.39, 0.29) is 27.5 Å². The van der Waals surface area contributed by atoms with E-state index in [4.69, 9.17) is 16.3 Å². The Morgan fingerprint density at radius 1 is 0.615 bits per heavy atom. The van der Waals surface area contributed by atoms with Gasteiger partial charge in [-0.15, -0.1) is 0 Å². The van der Waals surface area contributed by atoms with Crippen LogP contribution in [0.25, 0.3) is 0 Å². The summed E-state index contributed by atoms with van der Waals surface area (Å²) in [5, 5.41) is 0.180. The first-order chi connectivity index (χ1) is 12.6. The van der Waals surface area contributed by atoms with Gasteiger partial charge in [-0.05, 0) is 18.2 Å². The molecule has 0 aromatic heterocycles. The lowest BCUT2D eigenvalue weighted by molar-refractivity contribution is 0.0396. The number of rotatable bonds is 4. The minimum absolute atomic E-state index is 0.0155. The second-order valence-electron chi connectivity index (χ2n) is 5.40. The van der Waals surface area contributed by atoms with Crippen molar-refractivity contribution >= 4 is 29.3 Å². The molecule has 3 aromatic carbocycles. The molecule has 0 unspecified atom stereocenters. The number of carbonyl (C=O) groups excluding carboxylic acids is 3. The van der Waals surface area contributed by atoms with Crippen LogP contribution in [0.2, 0.25) is 5.02 Å². The molecule has 0 aliphatic rings. The van der Waals surface area contributed by atoms with E-state index in [1.165, 1.54) is 24.3 Å². The van der Waals surface area contributed by atoms with Crippen molar-refractivity contribution in [1.82, 2.24) is 0 Å². The lowest BCUT2D eigenvalue weighted by atomic mass is 9.98. The molecule has 0 aliphatic heterocycles. The maximum atomic E-state index is 12.7. The van der Waals surface area contributed by atoms with E-state index in [2.05, 4.69) is 0 Å². The molecule has 0 aliphatic carbocycles. The summed E-state index contributed by atoms with van der Waals surface area (Å²) in [7, 11) is 0. The first kappa shape index (κ1) is 17.6. The van der Waals surface area contributed by atoms with Crippen LogP contribution in [0.5, 0.6) is 0 Å². The number of halogens is 1. The number of hydrogen-bond acceptors (Lipinski definition) is 4. The summed E-state index contributed by atoms with van der Waals surface area (Å²) >= 11 is 5.94. The summed E-state index contributed by atoms with van der Waals surface area (Å²) in [6.07, 6.45) is 0. The predicted molar refractivity (Wildman–Crippen MR) is 97.5 cm³/mol. The van der Waals surface area contributed by atoms with Crippen LogP contribution in [0.1, 0.15) is 36.6 Å². The average Bonchev–Trinajstić information content (AvgIpc) is 2.68. The normalized spacial score (nSPS) is 10.2. The van der Waals surface area contributed by atoms with Crippen molar-refractivity contribution < 1.29 is 19.1 Å². The van der Waals surface area contributed by atoms with E-state index in [1.54, 1.807) is 54.6 Å². The van der Waals surface area contributed by atoms with Gasteiger partial charge < -0.3 is 4.74 Å². The van der Waals surface area contributed by atoms with E-state index in [0.717, 1.165) is 0 Å². The predicted octanol–water partition coefficient (Wildman–Crippen LogP) is 4.57. The number of esters is 2. The van der Waals surface area contributed by atoms with Crippen LogP contribution >= 0.6 is 11.6 Å². The van der Waals surface area contributed by atoms with Crippen molar-refractivity contribution in [2.45, 2.75) is 0 Å². The average molecular weight is 365 g/mol. The molecular formula is C21H13ClO4. The lowest BCUT2D eigenvalue weighted by Crippen LogP contribution is -2.17. The quantitative estimate of drug-likeness (QED) is 0.386. The Kier molecular flexibility index (Phi) is 5.25. The van der Waals surface area contributed by atoms with Gasteiger partial charge in [0.05, 0.1) is 16.1 Å². The minimum atomic E-state index is -0.908. The number of benzene rings is 3. The molecule has 0 radical (unpaired) electrons. The Bertz CT molecular complexity index is 980. The standard InChI is InChI=1S/C21H13ClO4/c22-18-13-7-6-12-17(18)21(25)26-20(24)16-11-5-4-10-15(16)19(23)14-8-2-1-3-9-14/h1-13H. The van der Waals surface area contributed by atoms with Crippen molar-refractivity contribution in [2.75, 3.05) is 0 Å². The van der Waals surface area contributed by atoms with Crippen LogP contribution in [0.15, 0.2) is 78.9 Å². The highest BCUT2D eigenvalue weighted by atomic mass is 35.5. The van der Waals surface area contributed by atoms with Crippen LogP contribution in [0.4, 0.5) is 0 Å². The van der Waals surface area contributed by atoms with Crippen molar-refractivity contribution in [1.29, 1.82) is 0 Å². The van der Waals surface area contributed by atoms with Gasteiger partial charge in [0.25, 0.3) is 0 Å². The van der Waals surface area contributed by atoms with Crippen molar-refractivity contribution in [3.8, 4) is 0 Å². The zero-order valence-electron chi connectivity index (χ0n) is 13.5. The Labute approximate surface area is 155 Å². The van der Waals surface area contributed by atoms with Crippen LogP contribution in [0.3, 0.4) is 0 Å². The van der Waals surface area contributed by atoms with Crippen LogP contribution in [-0.2, 0) is 4.74 Å². The molecule has 0 heterocycles. The van der Waals surface area contributed by atoms with Gasteiger partial charge in [0.15, 0.2) is 5.78 Å². The molecule has 0 spiro atoms. The molecule has 0 bridgehead atoms. The Morgan fingerprint density at radius 2 is 1.12 bits per heavy atom. The van der Waals surface area contributed by atoms with E-state index >= 15 is 0 Å². The lowest BCUT2D eigenvalue weighted by Gasteiger charge is -2.09. The highest BCUT2D eigenvalue weighted by Gasteiger charge is 2.22. The van der Waals surface area contributed by atoms with E-state index < -0.39 is 11.9 Å². The minimum Gasteiger partial charge on any atom is -0.386 e. The SMILES string of the molecule is O=C(OC(=O)c1ccccc1C(=O)c1ccccc1)c1ccccc1Cl. The molecule has 3 aromatic rings. The van der Waals surface area contributed by atoms with Crippen molar-refractivity contribution in [2.24, 2.45) is 0 Å². The summed E-state index contributed by atoms with van der Waals surface area (Å²) in [4.78, 5) is 37.3. The Balaban J connectivity index is 1.88. The highest BCUT2D eigenvalue weighted by molar-refractivity contribution is 6.33. The fourth-order valence-electron chi connectivity index (χ4n) is 2.43. The van der Waals surface area contributed by atoms with Gasteiger partial charge in [-0.25, -0.2) is 9.59 Å². The molecule has 128 valence electrons. The van der Waals surface area contributed by atoms with Gasteiger partial charge in [0, 0.05) is 11.1 Å². The summed E-state index contributed by atoms with van der Waals surface area (Å²) in [5.74, 6) is -2.11. The molecule has 5 heteroatoms. The fourth-order valence-corrected chi connectivity index (χ4v) is 2.64. The van der Waals surface area contributed by atoms with Gasteiger partial charge in [0.2, 0.25) is 0 Å². The Hall–Kier alpha value is -3.24. The summed E-state index contributed by atoms with van der Waals surface area (Å²) in [6, 6.07) is 21.0. The zero-order chi connectivity index (χ0) is 18.5. The zero-order valence-corrected chi connectivity index (χ0v) is 14.3. The molecule has 3 rings (SSSR count). The van der Waals surface area contributed by atoms with Gasteiger partial charge in [-0.3, -0.25) is 4.79 Å². The number of ketones is 1. The Morgan fingerprint density at radius 3 is 1.77 bits per heavy atom. The summed E-state index contributed by atoms with van der Waals surface area (Å²) < 4.78 is 4.92. The summed E-state index contributed by atoms with van der Waals surface area (Å²) in [5.41, 5.74) is 0.692. The molecule has 0 N–H and O–H groups in total. The molecule has 0 saturated heterocycles. The third-order valence-electron chi connectivity index (χ3n) is 3.71. The molecule has 0 fully saturated rings. The topological polar surface area (TPSA) is 60.4 Å². The molecule has 4 nitrogen and oxygen atoms in total. The van der Waals surface area contributed by atoms with Crippen molar-refractivity contribution in [3.05, 3.63) is 106 Å². The highest BCUT2D eigenvalue weighted by Crippen LogP contribution is 2.19. The van der Waals surface area contributed by atoms with Crippen LogP contribution < -0.4 is 0 Å². The van der Waals surface area contributed by atoms with E-state index in [0.29, 0.717) is 5.56 Å². The smallest absolute Gasteiger partial charge is 0.347 e. The summed E-state index contributed by atoms with van der Waals surface area (Å²) in [6.45, 7) is 0. The maximum absolute atomic E-state index is 12.7. The second-order valence-corrected chi connectivity index (χ2v) is 5.80. The molecule has 0 atom stereocenters. The number of hydrogen-bond donors (Lipinski definition) is 0. The van der Waals surface area contributed by atoms with Gasteiger partial charge in [-0.2, -0.15) is 0 Å². The van der Waals surface area contributed by atoms with Crippen LogP contribution in [0, 0.1) is 0 Å². The van der Waals surface area contributed by atoms with Gasteiger partial charge in [0.1, 0.15) is 0 Å². The van der Waals surface area contributed by atoms with E-state index in [1.807, 2.05) is 0 Å². The third kappa shape index (κ3) is 3.71. The van der Waals surface area contributed by atoms with Crippen molar-refractivity contribution in [3.63, 3.8) is 0 Å². The third-order valence-corrected chi connectivity index (χ3v) is 4.04. The molecule has 0 saturated carbocycles. The largest absolute Gasteiger partial charge is 0.386 e. The molecule has 26 heavy (non-hydrogen) atoms. The first-order valence-corrected chi connectivity index (χ1v) is 8.15. The van der Waals surface area contributed by atoms with Gasteiger partial charge >= 0.3 is 11.9 Å². The van der Waals surface area contributed by atoms with Gasteiger partial charge in [-0.1, -0.05) is 72.3 Å². The second kappa shape index (κ2) is 7.76. The monoisotopic (exact) mass is 364 g/mol. The molecular weight excluding hydrogens is 352 g/mol. The van der Waals surface area contributed by atoms with Crippen LogP contribution in [-0.4, -0.2) is 17.7 Å². The maximum Gasteiger partial charge on any atom is 0.347 e. The fraction of sp³-hybridized carbons (Fsp3) is 0. The number of ether oxygens (including phenoxy) is 1. The first-order valence-electron chi connectivity index (χ1n) is 7.77.